The van der Waals surface area contributed by atoms with Gasteiger partial charge in [0.05, 0.1) is 24.0 Å². The molecule has 190 valence electrons. The number of aromatic nitrogens is 2. The van der Waals surface area contributed by atoms with Gasteiger partial charge in [-0.05, 0) is 59.9 Å². The Hall–Kier alpha value is -3.10. The molecule has 4 rings (SSSR count). The summed E-state index contributed by atoms with van der Waals surface area (Å²) in [5.74, 6) is -0.335. The van der Waals surface area contributed by atoms with E-state index in [1.807, 2.05) is 45.6 Å². The zero-order chi connectivity index (χ0) is 25.7. The van der Waals surface area contributed by atoms with Crippen molar-refractivity contribution in [2.24, 2.45) is 7.05 Å². The van der Waals surface area contributed by atoms with Crippen LogP contribution in [-0.2, 0) is 16.5 Å². The van der Waals surface area contributed by atoms with E-state index in [2.05, 4.69) is 0 Å². The van der Waals surface area contributed by atoms with Gasteiger partial charge in [-0.15, -0.1) is 0 Å². The van der Waals surface area contributed by atoms with Gasteiger partial charge in [0.2, 0.25) is 0 Å². The van der Waals surface area contributed by atoms with Crippen molar-refractivity contribution in [3.05, 3.63) is 33.4 Å². The molecule has 2 aromatic rings. The second kappa shape index (κ2) is 9.17. The van der Waals surface area contributed by atoms with Crippen molar-refractivity contribution in [3.63, 3.8) is 0 Å². The number of amides is 1. The SMILES string of the molecule is COC(=O)c1c(N2CC[C@H](C)N(C(=O)OC(C)(C)C)CC2)c2cc(C)nc(C3CC3)c2n(C)c1=O. The van der Waals surface area contributed by atoms with Crippen molar-refractivity contribution in [3.8, 4) is 0 Å². The van der Waals surface area contributed by atoms with Gasteiger partial charge in [-0.1, -0.05) is 0 Å². The first kappa shape index (κ1) is 25.0. The molecule has 1 aliphatic heterocycles. The molecule has 0 bridgehead atoms. The van der Waals surface area contributed by atoms with Crippen molar-refractivity contribution in [1.29, 1.82) is 0 Å². The number of ether oxygens (including phenoxy) is 2. The summed E-state index contributed by atoms with van der Waals surface area (Å²) in [5, 5.41) is 0.820. The van der Waals surface area contributed by atoms with E-state index in [4.69, 9.17) is 14.5 Å². The molecule has 2 aromatic heterocycles. The number of pyridine rings is 2. The molecule has 0 N–H and O–H groups in total. The van der Waals surface area contributed by atoms with E-state index in [0.29, 0.717) is 37.7 Å². The highest BCUT2D eigenvalue weighted by atomic mass is 16.6. The standard InChI is InChI=1S/C26H36N4O5/c1-15-14-18-21(29-11-10-16(2)30(13-12-29)25(33)35-26(3,4)5)19(24(32)34-7)23(31)28(6)22(18)20(27-15)17-8-9-17/h14,16-17H,8-13H2,1-7H3/t16-/m0/s1. The van der Waals surface area contributed by atoms with Crippen LogP contribution < -0.4 is 10.5 Å². The molecule has 1 atom stereocenters. The van der Waals surface area contributed by atoms with Gasteiger partial charge in [-0.3, -0.25) is 9.78 Å². The molecule has 2 fully saturated rings. The molecule has 1 saturated carbocycles. The number of fused-ring (bicyclic) bond motifs is 1. The number of carbonyl (C=O) groups is 2. The van der Waals surface area contributed by atoms with Gasteiger partial charge in [0, 0.05) is 49.7 Å². The van der Waals surface area contributed by atoms with Crippen LogP contribution in [0.1, 0.15) is 74.6 Å². The summed E-state index contributed by atoms with van der Waals surface area (Å²) in [6.45, 7) is 10.9. The summed E-state index contributed by atoms with van der Waals surface area (Å²) >= 11 is 0. The highest BCUT2D eigenvalue weighted by Gasteiger charge is 2.35. The Balaban J connectivity index is 1.85. The molecule has 1 amide bonds. The maximum atomic E-state index is 13.5. The summed E-state index contributed by atoms with van der Waals surface area (Å²) in [7, 11) is 2.98. The zero-order valence-corrected chi connectivity index (χ0v) is 21.8. The van der Waals surface area contributed by atoms with Crippen LogP contribution in [-0.4, -0.2) is 64.9 Å². The van der Waals surface area contributed by atoms with Crippen LogP contribution in [0, 0.1) is 6.92 Å². The van der Waals surface area contributed by atoms with Gasteiger partial charge in [0.15, 0.2) is 0 Å². The number of aryl methyl sites for hydroxylation is 2. The van der Waals surface area contributed by atoms with Crippen LogP contribution in [0.2, 0.25) is 0 Å². The Morgan fingerprint density at radius 1 is 1.11 bits per heavy atom. The average Bonchev–Trinajstić information content (AvgIpc) is 3.62. The van der Waals surface area contributed by atoms with Crippen LogP contribution in [0.4, 0.5) is 10.5 Å². The van der Waals surface area contributed by atoms with Crippen molar-refractivity contribution in [2.45, 2.75) is 71.4 Å². The first-order valence-corrected chi connectivity index (χ1v) is 12.3. The number of esters is 1. The average molecular weight is 485 g/mol. The van der Waals surface area contributed by atoms with E-state index in [9.17, 15) is 14.4 Å². The molecular weight excluding hydrogens is 448 g/mol. The lowest BCUT2D eigenvalue weighted by molar-refractivity contribution is 0.0190. The van der Waals surface area contributed by atoms with Crippen LogP contribution in [0.25, 0.3) is 10.9 Å². The zero-order valence-electron chi connectivity index (χ0n) is 21.8. The molecule has 1 aliphatic carbocycles. The first-order chi connectivity index (χ1) is 16.4. The lowest BCUT2D eigenvalue weighted by Gasteiger charge is -2.30. The molecule has 0 unspecified atom stereocenters. The molecule has 3 heterocycles. The number of nitrogens with zero attached hydrogens (tertiary/aromatic N) is 4. The third-order valence-corrected chi connectivity index (χ3v) is 6.75. The molecular formula is C26H36N4O5. The summed E-state index contributed by atoms with van der Waals surface area (Å²) < 4.78 is 12.2. The lowest BCUT2D eigenvalue weighted by Crippen LogP contribution is -2.43. The minimum Gasteiger partial charge on any atom is -0.465 e. The van der Waals surface area contributed by atoms with Crippen molar-refractivity contribution in [2.75, 3.05) is 31.6 Å². The fourth-order valence-corrected chi connectivity index (χ4v) is 4.86. The van der Waals surface area contributed by atoms with Crippen LogP contribution in [0.3, 0.4) is 0 Å². The third-order valence-electron chi connectivity index (χ3n) is 6.75. The lowest BCUT2D eigenvalue weighted by atomic mass is 10.0. The van der Waals surface area contributed by atoms with E-state index < -0.39 is 17.1 Å². The van der Waals surface area contributed by atoms with E-state index in [0.717, 1.165) is 35.1 Å². The predicted molar refractivity (Wildman–Crippen MR) is 134 cm³/mol. The summed E-state index contributed by atoms with van der Waals surface area (Å²) in [4.78, 5) is 47.9. The summed E-state index contributed by atoms with van der Waals surface area (Å²) in [6, 6.07) is 1.89. The summed E-state index contributed by atoms with van der Waals surface area (Å²) in [5.41, 5.74) is 2.13. The monoisotopic (exact) mass is 484 g/mol. The number of anilines is 1. The molecule has 0 spiro atoms. The second-order valence-electron chi connectivity index (χ2n) is 10.7. The van der Waals surface area contributed by atoms with Gasteiger partial charge in [0.1, 0.15) is 11.2 Å². The first-order valence-electron chi connectivity index (χ1n) is 12.3. The number of methoxy groups -OCH3 is 1. The normalized spacial score (nSPS) is 19.0. The van der Waals surface area contributed by atoms with Crippen molar-refractivity contribution < 1.29 is 19.1 Å². The Bertz CT molecular complexity index is 1230. The Labute approximate surface area is 206 Å². The molecule has 0 aromatic carbocycles. The largest absolute Gasteiger partial charge is 0.465 e. The number of hydrogen-bond donors (Lipinski definition) is 0. The van der Waals surface area contributed by atoms with E-state index in [-0.39, 0.29) is 17.7 Å². The highest BCUT2D eigenvalue weighted by molar-refractivity contribution is 6.06. The van der Waals surface area contributed by atoms with Gasteiger partial charge >= 0.3 is 12.1 Å². The number of hydrogen-bond acceptors (Lipinski definition) is 7. The van der Waals surface area contributed by atoms with Crippen LogP contribution in [0.15, 0.2) is 10.9 Å². The molecule has 2 aliphatic rings. The fourth-order valence-electron chi connectivity index (χ4n) is 4.86. The Morgan fingerprint density at radius 2 is 1.80 bits per heavy atom. The minimum absolute atomic E-state index is 0.0215. The number of rotatable bonds is 3. The Kier molecular flexibility index (Phi) is 6.55. The van der Waals surface area contributed by atoms with Gasteiger partial charge in [-0.2, -0.15) is 0 Å². The van der Waals surface area contributed by atoms with Crippen LogP contribution >= 0.6 is 0 Å². The molecule has 35 heavy (non-hydrogen) atoms. The fraction of sp³-hybridized carbons (Fsp3) is 0.615. The Morgan fingerprint density at radius 3 is 2.40 bits per heavy atom. The smallest absolute Gasteiger partial charge is 0.410 e. The van der Waals surface area contributed by atoms with E-state index in [1.54, 1.807) is 16.5 Å². The predicted octanol–water partition coefficient (Wildman–Crippen LogP) is 3.74. The summed E-state index contributed by atoms with van der Waals surface area (Å²) in [6.07, 6.45) is 2.39. The van der Waals surface area contributed by atoms with Crippen molar-refractivity contribution in [1.82, 2.24) is 14.5 Å². The molecule has 9 nitrogen and oxygen atoms in total. The maximum absolute atomic E-state index is 13.5. The molecule has 1 saturated heterocycles. The van der Waals surface area contributed by atoms with Gasteiger partial charge < -0.3 is 23.8 Å². The molecule has 9 heteroatoms. The number of carbonyl (C=O) groups excluding carboxylic acids is 2. The maximum Gasteiger partial charge on any atom is 0.410 e. The topological polar surface area (TPSA) is 94.0 Å². The van der Waals surface area contributed by atoms with Crippen LogP contribution in [0.5, 0.6) is 0 Å². The van der Waals surface area contributed by atoms with Gasteiger partial charge in [0.25, 0.3) is 5.56 Å². The quantitative estimate of drug-likeness (QED) is 0.613. The van der Waals surface area contributed by atoms with Gasteiger partial charge in [-0.25, -0.2) is 9.59 Å². The third kappa shape index (κ3) is 4.86. The minimum atomic E-state index is -0.661. The van der Waals surface area contributed by atoms with Crippen molar-refractivity contribution >= 4 is 28.7 Å². The highest BCUT2D eigenvalue weighted by Crippen LogP contribution is 2.43. The van der Waals surface area contributed by atoms with E-state index in [1.165, 1.54) is 7.11 Å². The molecule has 0 radical (unpaired) electrons. The van der Waals surface area contributed by atoms with E-state index >= 15 is 0 Å². The second-order valence-corrected chi connectivity index (χ2v) is 10.7.